The van der Waals surface area contributed by atoms with Gasteiger partial charge < -0.3 is 10.4 Å². The van der Waals surface area contributed by atoms with Gasteiger partial charge in [0.15, 0.2) is 0 Å². The van der Waals surface area contributed by atoms with Crippen LogP contribution in [-0.4, -0.2) is 42.2 Å². The molecule has 4 aromatic rings. The average molecular weight is 427 g/mol. The number of benzene rings is 2. The maximum atomic E-state index is 12.4. The van der Waals surface area contributed by atoms with Gasteiger partial charge in [-0.15, -0.1) is 0 Å². The number of carboxylic acid groups (broad SMARTS) is 1. The van der Waals surface area contributed by atoms with Crippen molar-refractivity contribution < 1.29 is 14.7 Å². The average Bonchev–Trinajstić information content (AvgIpc) is 3.36. The van der Waals surface area contributed by atoms with Crippen molar-refractivity contribution >= 4 is 46.1 Å². The molecule has 0 bridgehead atoms. The van der Waals surface area contributed by atoms with Gasteiger partial charge in [-0.3, -0.25) is 9.36 Å². The van der Waals surface area contributed by atoms with Crippen molar-refractivity contribution in [2.24, 2.45) is 5.10 Å². The Morgan fingerprint density at radius 2 is 1.75 bits per heavy atom. The third kappa shape index (κ3) is 3.54. The van der Waals surface area contributed by atoms with E-state index in [1.807, 2.05) is 36.5 Å². The topological polar surface area (TPSA) is 126 Å². The van der Waals surface area contributed by atoms with E-state index < -0.39 is 5.97 Å². The van der Waals surface area contributed by atoms with Crippen molar-refractivity contribution in [1.82, 2.24) is 19.5 Å². The minimum absolute atomic E-state index is 0.0966. The van der Waals surface area contributed by atoms with Crippen molar-refractivity contribution in [3.05, 3.63) is 66.4 Å². The standard InChI is InChI=1S/C22H17N7O3/c1-13-12-18(30)29(27-13)22-25-20(23-16-8-6-15(7-9-16)19(31)32)24-21(26-22)28-11-10-14-4-2-3-5-17(14)28/h2-11H,12H2,1H3,(H,31,32)(H,23,24,25,26). The van der Waals surface area contributed by atoms with E-state index in [9.17, 15) is 9.59 Å². The van der Waals surface area contributed by atoms with E-state index in [4.69, 9.17) is 5.11 Å². The van der Waals surface area contributed by atoms with E-state index in [-0.39, 0.29) is 29.8 Å². The zero-order valence-electron chi connectivity index (χ0n) is 16.9. The van der Waals surface area contributed by atoms with Gasteiger partial charge in [0.1, 0.15) is 0 Å². The number of para-hydroxylation sites is 1. The van der Waals surface area contributed by atoms with Gasteiger partial charge in [-0.2, -0.15) is 25.1 Å². The Hall–Kier alpha value is -4.60. The normalized spacial score (nSPS) is 13.5. The summed E-state index contributed by atoms with van der Waals surface area (Å²) in [5.41, 5.74) is 2.32. The van der Waals surface area contributed by atoms with Crippen LogP contribution in [0.15, 0.2) is 65.9 Å². The van der Waals surface area contributed by atoms with Crippen LogP contribution in [-0.2, 0) is 4.79 Å². The van der Waals surface area contributed by atoms with Crippen molar-refractivity contribution in [2.75, 3.05) is 10.3 Å². The molecule has 0 radical (unpaired) electrons. The maximum absolute atomic E-state index is 12.4. The number of nitrogens with zero attached hydrogens (tertiary/aromatic N) is 6. The lowest BCUT2D eigenvalue weighted by Crippen LogP contribution is -2.23. The van der Waals surface area contributed by atoms with Gasteiger partial charge in [0.05, 0.1) is 17.5 Å². The van der Waals surface area contributed by atoms with Crippen LogP contribution in [0.4, 0.5) is 17.6 Å². The molecule has 2 aromatic carbocycles. The van der Waals surface area contributed by atoms with E-state index in [0.29, 0.717) is 17.3 Å². The molecule has 1 aliphatic heterocycles. The molecular formula is C22H17N7O3. The minimum atomic E-state index is -1.01. The lowest BCUT2D eigenvalue weighted by molar-refractivity contribution is -0.117. The number of nitrogens with one attached hydrogen (secondary N) is 1. The van der Waals surface area contributed by atoms with Crippen LogP contribution in [0, 0.1) is 0 Å². The predicted octanol–water partition coefficient (Wildman–Crippen LogP) is 3.37. The molecular weight excluding hydrogens is 410 g/mol. The third-order valence-electron chi connectivity index (χ3n) is 4.92. The lowest BCUT2D eigenvalue weighted by Gasteiger charge is -2.14. The van der Waals surface area contributed by atoms with Gasteiger partial charge in [0.25, 0.3) is 11.9 Å². The number of carbonyl (C=O) groups excluding carboxylic acids is 1. The fraction of sp³-hybridized carbons (Fsp3) is 0.0909. The first-order chi connectivity index (χ1) is 15.5. The van der Waals surface area contributed by atoms with E-state index in [2.05, 4.69) is 25.4 Å². The molecule has 2 N–H and O–H groups in total. The van der Waals surface area contributed by atoms with Gasteiger partial charge in [0.2, 0.25) is 11.9 Å². The molecule has 0 atom stereocenters. The fourth-order valence-corrected chi connectivity index (χ4v) is 3.41. The van der Waals surface area contributed by atoms with Crippen LogP contribution in [0.5, 0.6) is 0 Å². The second-order valence-electron chi connectivity index (χ2n) is 7.23. The summed E-state index contributed by atoms with van der Waals surface area (Å²) in [6.07, 6.45) is 2.04. The Kier molecular flexibility index (Phi) is 4.59. The summed E-state index contributed by atoms with van der Waals surface area (Å²) in [5.74, 6) is -0.638. The number of aromatic carboxylic acids is 1. The fourth-order valence-electron chi connectivity index (χ4n) is 3.41. The summed E-state index contributed by atoms with van der Waals surface area (Å²) in [5, 5.41) is 18.6. The number of carboxylic acids is 1. The Morgan fingerprint density at radius 1 is 1.00 bits per heavy atom. The molecule has 3 heterocycles. The number of fused-ring (bicyclic) bond motifs is 1. The molecule has 0 spiro atoms. The highest BCUT2D eigenvalue weighted by molar-refractivity contribution is 6.11. The Balaban J connectivity index is 1.59. The second kappa shape index (κ2) is 7.58. The number of anilines is 3. The molecule has 10 nitrogen and oxygen atoms in total. The lowest BCUT2D eigenvalue weighted by atomic mass is 10.2. The smallest absolute Gasteiger partial charge is 0.335 e. The number of hydrogen-bond donors (Lipinski definition) is 2. The summed E-state index contributed by atoms with van der Waals surface area (Å²) < 4.78 is 1.80. The number of carbonyl (C=O) groups is 2. The molecule has 0 saturated heterocycles. The first-order valence-corrected chi connectivity index (χ1v) is 9.78. The van der Waals surface area contributed by atoms with Gasteiger partial charge >= 0.3 is 5.97 Å². The Bertz CT molecular complexity index is 1390. The molecule has 1 aliphatic rings. The summed E-state index contributed by atoms with van der Waals surface area (Å²) in [6.45, 7) is 1.77. The highest BCUT2D eigenvalue weighted by Crippen LogP contribution is 2.24. The van der Waals surface area contributed by atoms with E-state index >= 15 is 0 Å². The van der Waals surface area contributed by atoms with E-state index in [1.54, 1.807) is 23.6 Å². The maximum Gasteiger partial charge on any atom is 0.335 e. The molecule has 0 unspecified atom stereocenters. The van der Waals surface area contributed by atoms with Crippen molar-refractivity contribution in [3.63, 3.8) is 0 Å². The quantitative estimate of drug-likeness (QED) is 0.500. The zero-order chi connectivity index (χ0) is 22.2. The molecule has 0 fully saturated rings. The van der Waals surface area contributed by atoms with Crippen molar-refractivity contribution in [2.45, 2.75) is 13.3 Å². The first-order valence-electron chi connectivity index (χ1n) is 9.78. The molecule has 2 aromatic heterocycles. The SMILES string of the molecule is CC1=NN(c2nc(Nc3ccc(C(=O)O)cc3)nc(-n3ccc4ccccc43)n2)C(=O)C1. The van der Waals surface area contributed by atoms with Gasteiger partial charge in [-0.05, 0) is 43.3 Å². The van der Waals surface area contributed by atoms with Crippen LogP contribution in [0.2, 0.25) is 0 Å². The van der Waals surface area contributed by atoms with Gasteiger partial charge in [0, 0.05) is 23.0 Å². The minimum Gasteiger partial charge on any atom is -0.478 e. The summed E-state index contributed by atoms with van der Waals surface area (Å²) in [7, 11) is 0. The third-order valence-corrected chi connectivity index (χ3v) is 4.92. The predicted molar refractivity (Wildman–Crippen MR) is 119 cm³/mol. The van der Waals surface area contributed by atoms with Crippen LogP contribution >= 0.6 is 0 Å². The molecule has 5 rings (SSSR count). The van der Waals surface area contributed by atoms with Crippen LogP contribution in [0.3, 0.4) is 0 Å². The second-order valence-corrected chi connectivity index (χ2v) is 7.23. The molecule has 158 valence electrons. The Labute approximate surface area is 181 Å². The van der Waals surface area contributed by atoms with Gasteiger partial charge in [-0.25, -0.2) is 4.79 Å². The molecule has 0 aliphatic carbocycles. The van der Waals surface area contributed by atoms with Crippen molar-refractivity contribution in [3.8, 4) is 5.95 Å². The van der Waals surface area contributed by atoms with Gasteiger partial charge in [-0.1, -0.05) is 18.2 Å². The highest BCUT2D eigenvalue weighted by Gasteiger charge is 2.26. The zero-order valence-corrected chi connectivity index (χ0v) is 16.9. The molecule has 10 heteroatoms. The molecule has 32 heavy (non-hydrogen) atoms. The van der Waals surface area contributed by atoms with Crippen LogP contribution in [0.1, 0.15) is 23.7 Å². The highest BCUT2D eigenvalue weighted by atomic mass is 16.4. The number of amides is 1. The number of hydrogen-bond acceptors (Lipinski definition) is 7. The number of rotatable bonds is 5. The monoisotopic (exact) mass is 427 g/mol. The van der Waals surface area contributed by atoms with E-state index in [1.165, 1.54) is 17.1 Å². The summed E-state index contributed by atoms with van der Waals surface area (Å²) in [6, 6.07) is 15.9. The van der Waals surface area contributed by atoms with Crippen LogP contribution < -0.4 is 10.3 Å². The Morgan fingerprint density at radius 3 is 2.47 bits per heavy atom. The van der Waals surface area contributed by atoms with Crippen molar-refractivity contribution in [1.29, 1.82) is 0 Å². The largest absolute Gasteiger partial charge is 0.478 e. The van der Waals surface area contributed by atoms with Crippen LogP contribution in [0.25, 0.3) is 16.9 Å². The summed E-state index contributed by atoms with van der Waals surface area (Å²) >= 11 is 0. The summed E-state index contributed by atoms with van der Waals surface area (Å²) in [4.78, 5) is 36.9. The van der Waals surface area contributed by atoms with E-state index in [0.717, 1.165) is 10.9 Å². The number of hydrazone groups is 1. The first kappa shape index (κ1) is 19.4. The number of aromatic nitrogens is 4. The molecule has 0 saturated carbocycles. The molecule has 1 amide bonds.